The lowest BCUT2D eigenvalue weighted by atomic mass is 10.0. The summed E-state index contributed by atoms with van der Waals surface area (Å²) in [6, 6.07) is 16.5. The van der Waals surface area contributed by atoms with Crippen LogP contribution in [-0.2, 0) is 6.54 Å². The number of hydrogen-bond donors (Lipinski definition) is 1. The molecule has 0 unspecified atom stereocenters. The highest BCUT2D eigenvalue weighted by Gasteiger charge is 2.32. The van der Waals surface area contributed by atoms with Crippen LogP contribution in [0, 0.1) is 0 Å². The van der Waals surface area contributed by atoms with Crippen LogP contribution >= 0.6 is 0 Å². The largest absolute Gasteiger partial charge is 0.352 e. The second-order valence-electron chi connectivity index (χ2n) is 6.60. The molecule has 0 saturated heterocycles. The first-order valence-electron chi connectivity index (χ1n) is 9.06. The van der Waals surface area contributed by atoms with E-state index in [1.807, 2.05) is 42.5 Å². The monoisotopic (exact) mass is 368 g/mol. The first-order valence-corrected chi connectivity index (χ1v) is 9.06. The molecule has 2 aromatic heterocycles. The van der Waals surface area contributed by atoms with Crippen molar-refractivity contribution in [2.24, 2.45) is 0 Å². The normalized spacial score (nSPS) is 12.1. The molecular weight excluding hydrogens is 352 g/mol. The highest BCUT2D eigenvalue weighted by atomic mass is 16.1. The molecule has 2 heterocycles. The van der Waals surface area contributed by atoms with Crippen molar-refractivity contribution in [1.82, 2.24) is 14.5 Å². The molecule has 28 heavy (non-hydrogen) atoms. The summed E-state index contributed by atoms with van der Waals surface area (Å²) in [6.07, 6.45) is 3.31. The molecule has 0 bridgehead atoms. The third-order valence-corrected chi connectivity index (χ3v) is 5.02. The Bertz CT molecular complexity index is 1280. The number of carbonyl (C=O) groups is 1. The lowest BCUT2D eigenvalue weighted by molar-refractivity contribution is 0.104. The predicted molar refractivity (Wildman–Crippen MR) is 108 cm³/mol. The topological polar surface area (TPSA) is 76.9 Å². The fourth-order valence-corrected chi connectivity index (χ4v) is 3.81. The van der Waals surface area contributed by atoms with Crippen LogP contribution in [0.1, 0.15) is 15.9 Å². The van der Waals surface area contributed by atoms with Crippen molar-refractivity contribution in [3.63, 3.8) is 0 Å². The Labute approximate surface area is 160 Å². The van der Waals surface area contributed by atoms with Crippen LogP contribution in [0.4, 0.5) is 5.95 Å². The summed E-state index contributed by atoms with van der Waals surface area (Å²) in [5, 5.41) is 4.39. The van der Waals surface area contributed by atoms with Crippen molar-refractivity contribution in [2.45, 2.75) is 6.54 Å². The van der Waals surface area contributed by atoms with E-state index >= 15 is 0 Å². The fourth-order valence-electron chi connectivity index (χ4n) is 3.81. The Balaban J connectivity index is 1.66. The van der Waals surface area contributed by atoms with Crippen LogP contribution in [0.25, 0.3) is 22.0 Å². The van der Waals surface area contributed by atoms with Gasteiger partial charge in [-0.1, -0.05) is 42.5 Å². The molecule has 0 fully saturated rings. The summed E-state index contributed by atoms with van der Waals surface area (Å²) in [6.45, 7) is 0.858. The van der Waals surface area contributed by atoms with E-state index in [-0.39, 0.29) is 11.3 Å². The van der Waals surface area contributed by atoms with E-state index in [9.17, 15) is 9.59 Å². The number of fused-ring (bicyclic) bond motifs is 5. The molecule has 0 saturated carbocycles. The fraction of sp³-hybridized carbons (Fsp3) is 0.0909. The van der Waals surface area contributed by atoms with Gasteiger partial charge >= 0.3 is 0 Å². The van der Waals surface area contributed by atoms with Gasteiger partial charge in [0.25, 0.3) is 5.56 Å². The molecule has 6 heteroatoms. The maximum absolute atomic E-state index is 13.2. The SMILES string of the molecule is O=C1c2ccccc2-c2c1c1ccccc1c(=O)n2CCNc1ncccn1. The highest BCUT2D eigenvalue weighted by molar-refractivity contribution is 6.26. The molecule has 1 N–H and O–H groups in total. The molecule has 1 aliphatic rings. The first kappa shape index (κ1) is 16.4. The van der Waals surface area contributed by atoms with Gasteiger partial charge in [0, 0.05) is 47.4 Å². The summed E-state index contributed by atoms with van der Waals surface area (Å²) in [5.74, 6) is 0.472. The van der Waals surface area contributed by atoms with Crippen molar-refractivity contribution in [3.05, 3.63) is 88.5 Å². The standard InChI is InChI=1S/C22H16N4O2/c27-20-16-8-3-2-7-15(16)19-18(20)14-6-1-4-9-17(14)21(28)26(19)13-12-25-22-23-10-5-11-24-22/h1-11H,12-13H2,(H,23,24,25). The number of nitrogens with one attached hydrogen (secondary N) is 1. The molecule has 136 valence electrons. The molecule has 0 amide bonds. The van der Waals surface area contributed by atoms with Crippen molar-refractivity contribution in [1.29, 1.82) is 0 Å². The van der Waals surface area contributed by atoms with E-state index in [2.05, 4.69) is 15.3 Å². The molecule has 0 aliphatic heterocycles. The lowest BCUT2D eigenvalue weighted by Crippen LogP contribution is -2.26. The minimum absolute atomic E-state index is 0.0325. The maximum Gasteiger partial charge on any atom is 0.259 e. The van der Waals surface area contributed by atoms with Gasteiger partial charge in [0.05, 0.1) is 11.3 Å². The van der Waals surface area contributed by atoms with Gasteiger partial charge in [0.2, 0.25) is 5.95 Å². The van der Waals surface area contributed by atoms with Crippen LogP contribution in [-0.4, -0.2) is 26.9 Å². The van der Waals surface area contributed by atoms with Crippen molar-refractivity contribution < 1.29 is 4.79 Å². The van der Waals surface area contributed by atoms with Crippen molar-refractivity contribution >= 4 is 22.5 Å². The number of benzene rings is 2. The number of anilines is 1. The second kappa shape index (κ2) is 6.42. The van der Waals surface area contributed by atoms with Crippen LogP contribution < -0.4 is 10.9 Å². The van der Waals surface area contributed by atoms with E-state index < -0.39 is 0 Å². The molecule has 4 aromatic rings. The van der Waals surface area contributed by atoms with E-state index in [4.69, 9.17) is 0 Å². The molecule has 0 radical (unpaired) electrons. The molecule has 0 spiro atoms. The van der Waals surface area contributed by atoms with Crippen molar-refractivity contribution in [2.75, 3.05) is 11.9 Å². The number of carbonyl (C=O) groups excluding carboxylic acids is 1. The third-order valence-electron chi connectivity index (χ3n) is 5.02. The number of rotatable bonds is 4. The Morgan fingerprint density at radius 2 is 1.50 bits per heavy atom. The van der Waals surface area contributed by atoms with Crippen molar-refractivity contribution in [3.8, 4) is 11.3 Å². The first-order chi connectivity index (χ1) is 13.8. The van der Waals surface area contributed by atoms with E-state index in [1.165, 1.54) is 0 Å². The maximum atomic E-state index is 13.2. The van der Waals surface area contributed by atoms with Gasteiger partial charge in [-0.3, -0.25) is 9.59 Å². The molecule has 6 nitrogen and oxygen atoms in total. The summed E-state index contributed by atoms with van der Waals surface area (Å²) in [5.41, 5.74) is 2.64. The molecule has 0 atom stereocenters. The van der Waals surface area contributed by atoms with Crippen LogP contribution in [0.15, 0.2) is 71.8 Å². The zero-order valence-electron chi connectivity index (χ0n) is 14.9. The van der Waals surface area contributed by atoms with E-state index in [0.29, 0.717) is 46.6 Å². The molecule has 5 rings (SSSR count). The molecule has 2 aromatic carbocycles. The molecule has 1 aliphatic carbocycles. The van der Waals surface area contributed by atoms with Gasteiger partial charge < -0.3 is 9.88 Å². The number of hydrogen-bond acceptors (Lipinski definition) is 5. The summed E-state index contributed by atoms with van der Waals surface area (Å²) in [4.78, 5) is 34.6. The van der Waals surface area contributed by atoms with Crippen LogP contribution in [0.2, 0.25) is 0 Å². The number of aromatic nitrogens is 3. The number of ketones is 1. The van der Waals surface area contributed by atoms with Gasteiger partial charge in [-0.2, -0.15) is 0 Å². The minimum atomic E-state index is -0.102. The highest BCUT2D eigenvalue weighted by Crippen LogP contribution is 2.38. The number of nitrogens with zero attached hydrogens (tertiary/aromatic N) is 3. The van der Waals surface area contributed by atoms with Gasteiger partial charge in [0.1, 0.15) is 0 Å². The van der Waals surface area contributed by atoms with Crippen LogP contribution in [0.5, 0.6) is 0 Å². The van der Waals surface area contributed by atoms with Crippen LogP contribution in [0.3, 0.4) is 0 Å². The average Bonchev–Trinajstić information content (AvgIpc) is 3.04. The Morgan fingerprint density at radius 3 is 2.29 bits per heavy atom. The lowest BCUT2D eigenvalue weighted by Gasteiger charge is -2.15. The van der Waals surface area contributed by atoms with E-state index in [1.54, 1.807) is 29.1 Å². The Hall–Kier alpha value is -3.80. The Morgan fingerprint density at radius 1 is 0.821 bits per heavy atom. The molecular formula is C22H16N4O2. The van der Waals surface area contributed by atoms with Gasteiger partial charge in [-0.15, -0.1) is 0 Å². The average molecular weight is 368 g/mol. The van der Waals surface area contributed by atoms with Gasteiger partial charge in [-0.25, -0.2) is 9.97 Å². The van der Waals surface area contributed by atoms with Gasteiger partial charge in [-0.05, 0) is 12.1 Å². The summed E-state index contributed by atoms with van der Waals surface area (Å²) < 4.78 is 1.69. The second-order valence-corrected chi connectivity index (χ2v) is 6.60. The Kier molecular flexibility index (Phi) is 3.76. The minimum Gasteiger partial charge on any atom is -0.352 e. The summed E-state index contributed by atoms with van der Waals surface area (Å²) in [7, 11) is 0. The smallest absolute Gasteiger partial charge is 0.259 e. The quantitative estimate of drug-likeness (QED) is 0.527. The van der Waals surface area contributed by atoms with Gasteiger partial charge in [0.15, 0.2) is 5.78 Å². The van der Waals surface area contributed by atoms with E-state index in [0.717, 1.165) is 5.56 Å². The zero-order valence-corrected chi connectivity index (χ0v) is 14.9. The predicted octanol–water partition coefficient (Wildman–Crippen LogP) is 3.12. The zero-order chi connectivity index (χ0) is 19.1. The number of pyridine rings is 1. The summed E-state index contributed by atoms with van der Waals surface area (Å²) >= 11 is 0. The third kappa shape index (κ3) is 2.42.